The summed E-state index contributed by atoms with van der Waals surface area (Å²) in [6.45, 7) is 1.11. The summed E-state index contributed by atoms with van der Waals surface area (Å²) < 4.78 is 25.5. The summed E-state index contributed by atoms with van der Waals surface area (Å²) in [6.07, 6.45) is 0. The first kappa shape index (κ1) is 15.7. The third kappa shape index (κ3) is 2.71. The molecular weight excluding hydrogens is 324 g/mol. The van der Waals surface area contributed by atoms with E-state index in [1.165, 1.54) is 6.92 Å². The Kier molecular flexibility index (Phi) is 3.91. The molecule has 1 aromatic carbocycles. The van der Waals surface area contributed by atoms with Crippen LogP contribution in [-0.2, 0) is 14.8 Å². The van der Waals surface area contributed by atoms with Crippen molar-refractivity contribution in [2.75, 3.05) is 13.1 Å². The maximum atomic E-state index is 12.3. The first-order chi connectivity index (χ1) is 9.64. The van der Waals surface area contributed by atoms with E-state index in [9.17, 15) is 23.3 Å². The summed E-state index contributed by atoms with van der Waals surface area (Å²) in [5.74, 6) is -1.83. The molecule has 1 aromatic rings. The van der Waals surface area contributed by atoms with Crippen LogP contribution in [0.25, 0.3) is 0 Å². The van der Waals surface area contributed by atoms with Crippen molar-refractivity contribution >= 4 is 33.3 Å². The summed E-state index contributed by atoms with van der Waals surface area (Å²) in [4.78, 5) is 20.6. The minimum Gasteiger partial charge on any atom is -0.481 e. The number of halogens is 1. The number of nitro benzene ring substituents is 1. The Bertz CT molecular complexity index is 726. The largest absolute Gasteiger partial charge is 0.481 e. The number of hydrogen-bond acceptors (Lipinski definition) is 5. The monoisotopic (exact) mass is 334 g/mol. The number of nitro groups is 1. The number of sulfonamides is 1. The topological polar surface area (TPSA) is 118 Å². The van der Waals surface area contributed by atoms with E-state index >= 15 is 0 Å². The molecule has 2 rings (SSSR count). The van der Waals surface area contributed by atoms with Crippen LogP contribution in [0.15, 0.2) is 17.0 Å². The van der Waals surface area contributed by atoms with Gasteiger partial charge < -0.3 is 5.11 Å². The lowest BCUT2D eigenvalue weighted by molar-refractivity contribution is -0.385. The van der Waals surface area contributed by atoms with E-state index in [-0.39, 0.29) is 28.6 Å². The molecule has 0 saturated carbocycles. The number of carboxylic acids is 1. The molecule has 0 spiro atoms. The molecule has 1 aliphatic rings. The zero-order chi connectivity index (χ0) is 15.9. The molecule has 8 nitrogen and oxygen atoms in total. The van der Waals surface area contributed by atoms with Gasteiger partial charge in [0.05, 0.1) is 20.8 Å². The molecular formula is C11H11ClN2O6S. The average molecular weight is 335 g/mol. The van der Waals surface area contributed by atoms with E-state index in [1.54, 1.807) is 0 Å². The Morgan fingerprint density at radius 3 is 2.52 bits per heavy atom. The molecule has 10 heteroatoms. The second kappa shape index (κ2) is 5.24. The highest BCUT2D eigenvalue weighted by atomic mass is 35.5. The third-order valence-corrected chi connectivity index (χ3v) is 5.52. The summed E-state index contributed by atoms with van der Waals surface area (Å²) >= 11 is 5.83. The van der Waals surface area contributed by atoms with E-state index in [0.29, 0.717) is 0 Å². The van der Waals surface area contributed by atoms with Gasteiger partial charge in [-0.1, -0.05) is 11.6 Å². The second-order valence-corrected chi connectivity index (χ2v) is 7.01. The second-order valence-electron chi connectivity index (χ2n) is 4.66. The molecule has 1 aliphatic heterocycles. The molecule has 0 aliphatic carbocycles. The van der Waals surface area contributed by atoms with Gasteiger partial charge >= 0.3 is 5.97 Å². The number of nitrogens with zero attached hydrogens (tertiary/aromatic N) is 2. The number of hydrogen-bond donors (Lipinski definition) is 1. The van der Waals surface area contributed by atoms with E-state index in [4.69, 9.17) is 16.7 Å². The maximum absolute atomic E-state index is 12.3. The first-order valence-electron chi connectivity index (χ1n) is 5.82. The molecule has 21 heavy (non-hydrogen) atoms. The van der Waals surface area contributed by atoms with Crippen LogP contribution in [0, 0.1) is 23.0 Å². The predicted octanol–water partition coefficient (Wildman–Crippen LogP) is 1.26. The molecule has 1 N–H and O–H groups in total. The molecule has 0 bridgehead atoms. The van der Waals surface area contributed by atoms with Gasteiger partial charge in [-0.05, 0) is 13.0 Å². The Balaban J connectivity index is 2.38. The molecule has 0 amide bonds. The zero-order valence-corrected chi connectivity index (χ0v) is 12.4. The minimum absolute atomic E-state index is 0.0296. The van der Waals surface area contributed by atoms with Crippen LogP contribution in [0.1, 0.15) is 5.56 Å². The Morgan fingerprint density at radius 2 is 2.05 bits per heavy atom. The standard InChI is InChI=1S/C11H11ClN2O6S/c1-6-9(12)2-8(3-10(6)14(17)18)21(19,20)13-4-7(5-13)11(15)16/h2-3,7H,4-5H2,1H3,(H,15,16). The van der Waals surface area contributed by atoms with Gasteiger partial charge in [-0.25, -0.2) is 8.42 Å². The summed E-state index contributed by atoms with van der Waals surface area (Å²) in [5.41, 5.74) is -0.218. The highest BCUT2D eigenvalue weighted by Gasteiger charge is 2.41. The van der Waals surface area contributed by atoms with Crippen LogP contribution in [0.2, 0.25) is 5.02 Å². The Morgan fingerprint density at radius 1 is 1.48 bits per heavy atom. The lowest BCUT2D eigenvalue weighted by Gasteiger charge is -2.35. The van der Waals surface area contributed by atoms with Gasteiger partial charge in [0.15, 0.2) is 0 Å². The number of carbonyl (C=O) groups is 1. The normalized spacial score (nSPS) is 16.5. The van der Waals surface area contributed by atoms with Crippen LogP contribution < -0.4 is 0 Å². The highest BCUT2D eigenvalue weighted by Crippen LogP contribution is 2.32. The SMILES string of the molecule is Cc1c(Cl)cc(S(=O)(=O)N2CC(C(=O)O)C2)cc1[N+](=O)[O-]. The molecule has 1 saturated heterocycles. The predicted molar refractivity (Wildman–Crippen MR) is 72.7 cm³/mol. The minimum atomic E-state index is -3.98. The van der Waals surface area contributed by atoms with Crippen LogP contribution in [0.3, 0.4) is 0 Å². The molecule has 1 fully saturated rings. The Labute approximate surface area is 125 Å². The Hall–Kier alpha value is -1.71. The molecule has 0 radical (unpaired) electrons. The fourth-order valence-electron chi connectivity index (χ4n) is 1.92. The van der Waals surface area contributed by atoms with Gasteiger partial charge in [-0.3, -0.25) is 14.9 Å². The number of carboxylic acid groups (broad SMARTS) is 1. The van der Waals surface area contributed by atoms with Crippen LogP contribution in [0.5, 0.6) is 0 Å². The zero-order valence-electron chi connectivity index (χ0n) is 10.8. The van der Waals surface area contributed by atoms with Crippen molar-refractivity contribution in [3.05, 3.63) is 32.8 Å². The average Bonchev–Trinajstić information content (AvgIpc) is 2.28. The lowest BCUT2D eigenvalue weighted by atomic mass is 10.0. The highest BCUT2D eigenvalue weighted by molar-refractivity contribution is 7.89. The van der Waals surface area contributed by atoms with Gasteiger partial charge in [0.25, 0.3) is 5.69 Å². The van der Waals surface area contributed by atoms with E-state index in [0.717, 1.165) is 16.4 Å². The fraction of sp³-hybridized carbons (Fsp3) is 0.364. The molecule has 1 heterocycles. The lowest BCUT2D eigenvalue weighted by Crippen LogP contribution is -2.52. The van der Waals surface area contributed by atoms with Gasteiger partial charge in [0.2, 0.25) is 10.0 Å². The van der Waals surface area contributed by atoms with E-state index in [1.807, 2.05) is 0 Å². The quantitative estimate of drug-likeness (QED) is 0.654. The molecule has 0 unspecified atom stereocenters. The van der Waals surface area contributed by atoms with Crippen molar-refractivity contribution < 1.29 is 23.2 Å². The van der Waals surface area contributed by atoms with Crippen molar-refractivity contribution in [1.82, 2.24) is 4.31 Å². The molecule has 0 aromatic heterocycles. The van der Waals surface area contributed by atoms with Gasteiger partial charge in [0, 0.05) is 24.7 Å². The summed E-state index contributed by atoms with van der Waals surface area (Å²) in [6, 6.07) is 2.07. The number of aliphatic carboxylic acids is 1. The number of benzene rings is 1. The number of rotatable bonds is 4. The van der Waals surface area contributed by atoms with Crippen LogP contribution in [-0.4, -0.2) is 41.8 Å². The van der Waals surface area contributed by atoms with Crippen LogP contribution >= 0.6 is 11.6 Å². The van der Waals surface area contributed by atoms with Crippen molar-refractivity contribution in [3.63, 3.8) is 0 Å². The molecule has 114 valence electrons. The molecule has 0 atom stereocenters. The third-order valence-electron chi connectivity index (χ3n) is 3.32. The van der Waals surface area contributed by atoms with Gasteiger partial charge in [0.1, 0.15) is 0 Å². The van der Waals surface area contributed by atoms with Crippen molar-refractivity contribution in [3.8, 4) is 0 Å². The first-order valence-corrected chi connectivity index (χ1v) is 7.64. The maximum Gasteiger partial charge on any atom is 0.309 e. The van der Waals surface area contributed by atoms with Crippen molar-refractivity contribution in [1.29, 1.82) is 0 Å². The van der Waals surface area contributed by atoms with Gasteiger partial charge in [-0.2, -0.15) is 4.31 Å². The fourth-order valence-corrected chi connectivity index (χ4v) is 3.78. The van der Waals surface area contributed by atoms with E-state index in [2.05, 4.69) is 0 Å². The van der Waals surface area contributed by atoms with Crippen LogP contribution in [0.4, 0.5) is 5.69 Å². The summed E-state index contributed by atoms with van der Waals surface area (Å²) in [5, 5.41) is 19.6. The van der Waals surface area contributed by atoms with Crippen molar-refractivity contribution in [2.45, 2.75) is 11.8 Å². The van der Waals surface area contributed by atoms with E-state index < -0.39 is 32.5 Å². The van der Waals surface area contributed by atoms with Gasteiger partial charge in [-0.15, -0.1) is 0 Å². The van der Waals surface area contributed by atoms with Crippen molar-refractivity contribution in [2.24, 2.45) is 5.92 Å². The smallest absolute Gasteiger partial charge is 0.309 e. The summed E-state index contributed by atoms with van der Waals surface area (Å²) in [7, 11) is -3.98.